The molecule has 2 aliphatic rings. The van der Waals surface area contributed by atoms with Crippen molar-refractivity contribution >= 4 is 11.6 Å². The van der Waals surface area contributed by atoms with Gasteiger partial charge in [-0.1, -0.05) is 5.16 Å². The van der Waals surface area contributed by atoms with Crippen molar-refractivity contribution < 1.29 is 28.3 Å². The molecule has 1 saturated heterocycles. The molecule has 1 amide bonds. The molecule has 0 radical (unpaired) electrons. The summed E-state index contributed by atoms with van der Waals surface area (Å²) in [4.78, 5) is 18.8. The number of methoxy groups -OCH3 is 2. The first kappa shape index (κ1) is 18.3. The second kappa shape index (κ2) is 7.25. The van der Waals surface area contributed by atoms with Crippen molar-refractivity contribution in [3.8, 4) is 34.4 Å². The predicted octanol–water partition coefficient (Wildman–Crippen LogP) is 3.00. The Bertz CT molecular complexity index is 1110. The summed E-state index contributed by atoms with van der Waals surface area (Å²) in [6.07, 6.45) is 0.294. The number of hydrogen-bond donors (Lipinski definition) is 0. The minimum Gasteiger partial charge on any atom is -0.493 e. The Kier molecular flexibility index (Phi) is 4.42. The number of carbonyl (C=O) groups excluding carboxylic acids is 1. The molecule has 2 aliphatic heterocycles. The summed E-state index contributed by atoms with van der Waals surface area (Å²) in [7, 11) is 3.14. The SMILES string of the molecule is COc1ccc(-c2noc(C3CC(=O)N(c4ccc5c(c4)OCO5)C3)n2)cc1OC. The van der Waals surface area contributed by atoms with Crippen LogP contribution < -0.4 is 23.8 Å². The van der Waals surface area contributed by atoms with Crippen molar-refractivity contribution in [3.05, 3.63) is 42.3 Å². The molecular weight excluding hydrogens is 390 g/mol. The topological polar surface area (TPSA) is 96.2 Å². The summed E-state index contributed by atoms with van der Waals surface area (Å²) in [5.41, 5.74) is 1.49. The van der Waals surface area contributed by atoms with Crippen LogP contribution in [0.4, 0.5) is 5.69 Å². The van der Waals surface area contributed by atoms with Crippen LogP contribution in [0.2, 0.25) is 0 Å². The third-order valence-electron chi connectivity index (χ3n) is 5.23. The van der Waals surface area contributed by atoms with Gasteiger partial charge in [0.05, 0.1) is 20.1 Å². The molecule has 1 fully saturated rings. The number of hydrogen-bond acceptors (Lipinski definition) is 8. The zero-order valence-electron chi connectivity index (χ0n) is 16.5. The average Bonchev–Trinajstić information content (AvgIpc) is 3.51. The van der Waals surface area contributed by atoms with Crippen molar-refractivity contribution in [1.29, 1.82) is 0 Å². The van der Waals surface area contributed by atoms with Gasteiger partial charge in [-0.15, -0.1) is 0 Å². The van der Waals surface area contributed by atoms with Gasteiger partial charge in [0.2, 0.25) is 24.4 Å². The van der Waals surface area contributed by atoms with E-state index >= 15 is 0 Å². The lowest BCUT2D eigenvalue weighted by Crippen LogP contribution is -2.24. The van der Waals surface area contributed by atoms with Crippen molar-refractivity contribution in [3.63, 3.8) is 0 Å². The summed E-state index contributed by atoms with van der Waals surface area (Å²) in [5.74, 6) is 3.16. The Morgan fingerprint density at radius 2 is 1.87 bits per heavy atom. The number of aromatic nitrogens is 2. The number of carbonyl (C=O) groups is 1. The summed E-state index contributed by atoms with van der Waals surface area (Å²) in [6, 6.07) is 10.9. The van der Waals surface area contributed by atoms with Crippen LogP contribution in [0.1, 0.15) is 18.2 Å². The molecule has 1 atom stereocenters. The molecule has 30 heavy (non-hydrogen) atoms. The Morgan fingerprint density at radius 1 is 1.03 bits per heavy atom. The third kappa shape index (κ3) is 3.08. The summed E-state index contributed by atoms with van der Waals surface area (Å²) >= 11 is 0. The first-order chi connectivity index (χ1) is 14.7. The molecule has 154 valence electrons. The molecule has 0 spiro atoms. The Hall–Kier alpha value is -3.75. The smallest absolute Gasteiger partial charge is 0.232 e. The van der Waals surface area contributed by atoms with Crippen molar-refractivity contribution in [2.45, 2.75) is 12.3 Å². The van der Waals surface area contributed by atoms with E-state index in [2.05, 4.69) is 10.1 Å². The van der Waals surface area contributed by atoms with Crippen LogP contribution in [0.25, 0.3) is 11.4 Å². The minimum atomic E-state index is -0.190. The fourth-order valence-corrected chi connectivity index (χ4v) is 3.67. The van der Waals surface area contributed by atoms with Gasteiger partial charge < -0.3 is 28.4 Å². The monoisotopic (exact) mass is 409 g/mol. The van der Waals surface area contributed by atoms with Gasteiger partial charge >= 0.3 is 0 Å². The lowest BCUT2D eigenvalue weighted by atomic mass is 10.1. The number of rotatable bonds is 5. The number of nitrogens with zero attached hydrogens (tertiary/aromatic N) is 3. The van der Waals surface area contributed by atoms with Crippen LogP contribution in [-0.2, 0) is 4.79 Å². The van der Waals surface area contributed by atoms with Gasteiger partial charge in [0.15, 0.2) is 23.0 Å². The number of amides is 1. The molecule has 3 aromatic rings. The van der Waals surface area contributed by atoms with Gasteiger partial charge in [0.1, 0.15) is 0 Å². The van der Waals surface area contributed by atoms with Crippen LogP contribution in [0.15, 0.2) is 40.9 Å². The van der Waals surface area contributed by atoms with Gasteiger partial charge in [-0.2, -0.15) is 4.98 Å². The van der Waals surface area contributed by atoms with Gasteiger partial charge in [0, 0.05) is 30.3 Å². The van der Waals surface area contributed by atoms with E-state index in [0.29, 0.717) is 47.7 Å². The molecule has 9 nitrogen and oxygen atoms in total. The molecule has 1 aromatic heterocycles. The maximum Gasteiger partial charge on any atom is 0.232 e. The number of anilines is 1. The van der Waals surface area contributed by atoms with Crippen LogP contribution >= 0.6 is 0 Å². The first-order valence-corrected chi connectivity index (χ1v) is 9.42. The van der Waals surface area contributed by atoms with Crippen LogP contribution in [-0.4, -0.2) is 43.6 Å². The molecule has 9 heteroatoms. The van der Waals surface area contributed by atoms with Crippen LogP contribution in [0, 0.1) is 0 Å². The quantitative estimate of drug-likeness (QED) is 0.635. The number of benzene rings is 2. The minimum absolute atomic E-state index is 0.00951. The molecule has 5 rings (SSSR count). The molecule has 1 unspecified atom stereocenters. The van der Waals surface area contributed by atoms with Crippen molar-refractivity contribution in [1.82, 2.24) is 10.1 Å². The molecule has 0 N–H and O–H groups in total. The van der Waals surface area contributed by atoms with Gasteiger partial charge in [-0.25, -0.2) is 0 Å². The van der Waals surface area contributed by atoms with E-state index in [9.17, 15) is 4.79 Å². The van der Waals surface area contributed by atoms with E-state index in [1.165, 1.54) is 0 Å². The summed E-state index contributed by atoms with van der Waals surface area (Å²) in [6.45, 7) is 0.641. The zero-order valence-corrected chi connectivity index (χ0v) is 16.5. The first-order valence-electron chi connectivity index (χ1n) is 9.42. The average molecular weight is 409 g/mol. The van der Waals surface area contributed by atoms with E-state index in [0.717, 1.165) is 11.3 Å². The molecule has 0 aliphatic carbocycles. The zero-order chi connectivity index (χ0) is 20.7. The fraction of sp³-hybridized carbons (Fsp3) is 0.286. The maximum absolute atomic E-state index is 12.6. The summed E-state index contributed by atoms with van der Waals surface area (Å²) < 4.78 is 26.8. The second-order valence-electron chi connectivity index (χ2n) is 6.97. The normalized spacial score (nSPS) is 17.5. The number of fused-ring (bicyclic) bond motifs is 1. The van der Waals surface area contributed by atoms with E-state index in [-0.39, 0.29) is 18.6 Å². The Morgan fingerprint density at radius 3 is 2.70 bits per heavy atom. The third-order valence-corrected chi connectivity index (χ3v) is 5.23. The van der Waals surface area contributed by atoms with E-state index < -0.39 is 0 Å². The van der Waals surface area contributed by atoms with Crippen molar-refractivity contribution in [2.24, 2.45) is 0 Å². The standard InChI is InChI=1S/C21H19N3O6/c1-26-15-5-3-12(7-17(15)27-2)20-22-21(30-23-20)13-8-19(25)24(10-13)14-4-6-16-18(9-14)29-11-28-16/h3-7,9,13H,8,10-11H2,1-2H3. The van der Waals surface area contributed by atoms with Crippen molar-refractivity contribution in [2.75, 3.05) is 32.5 Å². The van der Waals surface area contributed by atoms with Crippen LogP contribution in [0.3, 0.4) is 0 Å². The summed E-state index contributed by atoms with van der Waals surface area (Å²) in [5, 5.41) is 4.08. The molecule has 0 saturated carbocycles. The second-order valence-corrected chi connectivity index (χ2v) is 6.97. The molecule has 2 aromatic carbocycles. The highest BCUT2D eigenvalue weighted by Gasteiger charge is 2.35. The fourth-order valence-electron chi connectivity index (χ4n) is 3.67. The van der Waals surface area contributed by atoms with E-state index in [4.69, 9.17) is 23.5 Å². The Labute approximate surface area is 172 Å². The van der Waals surface area contributed by atoms with Gasteiger partial charge in [-0.05, 0) is 30.3 Å². The van der Waals surface area contributed by atoms with Gasteiger partial charge in [0.25, 0.3) is 0 Å². The highest BCUT2D eigenvalue weighted by atomic mass is 16.7. The maximum atomic E-state index is 12.6. The highest BCUT2D eigenvalue weighted by Crippen LogP contribution is 2.39. The lowest BCUT2D eigenvalue weighted by Gasteiger charge is -2.16. The molecule has 3 heterocycles. The van der Waals surface area contributed by atoms with Gasteiger partial charge in [-0.3, -0.25) is 4.79 Å². The predicted molar refractivity (Wildman–Crippen MR) is 105 cm³/mol. The highest BCUT2D eigenvalue weighted by molar-refractivity contribution is 5.96. The Balaban J connectivity index is 1.36. The lowest BCUT2D eigenvalue weighted by molar-refractivity contribution is -0.117. The largest absolute Gasteiger partial charge is 0.493 e. The number of ether oxygens (including phenoxy) is 4. The molecule has 0 bridgehead atoms. The molecular formula is C21H19N3O6. The van der Waals surface area contributed by atoms with E-state index in [1.54, 1.807) is 37.3 Å². The van der Waals surface area contributed by atoms with Crippen LogP contribution in [0.5, 0.6) is 23.0 Å². The van der Waals surface area contributed by atoms with E-state index in [1.807, 2.05) is 18.2 Å².